The number of hydrogen-bond acceptors (Lipinski definition) is 5. The molecule has 0 aliphatic carbocycles. The molecule has 1 aliphatic rings. The second-order valence-electron chi connectivity index (χ2n) is 6.70. The molecule has 2 aromatic rings. The monoisotopic (exact) mass is 289 g/mol. The van der Waals surface area contributed by atoms with Gasteiger partial charge in [0.15, 0.2) is 5.65 Å². The van der Waals surface area contributed by atoms with Crippen LogP contribution >= 0.6 is 0 Å². The molecule has 0 saturated carbocycles. The van der Waals surface area contributed by atoms with Crippen LogP contribution in [0.4, 0.5) is 5.82 Å². The van der Waals surface area contributed by atoms with Crippen molar-refractivity contribution in [2.24, 2.45) is 0 Å². The van der Waals surface area contributed by atoms with Gasteiger partial charge in [0, 0.05) is 6.17 Å². The summed E-state index contributed by atoms with van der Waals surface area (Å²) in [6.07, 6.45) is 6.32. The summed E-state index contributed by atoms with van der Waals surface area (Å²) in [5, 5.41) is 0. The van der Waals surface area contributed by atoms with E-state index < -0.39 is 16.3 Å². The van der Waals surface area contributed by atoms with Crippen molar-refractivity contribution in [1.82, 2.24) is 19.9 Å². The van der Waals surface area contributed by atoms with Crippen LogP contribution in [0.3, 0.4) is 0 Å². The van der Waals surface area contributed by atoms with Crippen LogP contribution in [0.5, 0.6) is 0 Å². The third-order valence-electron chi connectivity index (χ3n) is 3.72. The number of nitrogens with zero attached hydrogens (tertiary/aromatic N) is 5. The van der Waals surface area contributed by atoms with Crippen molar-refractivity contribution in [2.75, 3.05) is 10.7 Å². The SMILES string of the molecule is C[Si]1(C)CN(c2cnc3cncnc3n2)[Si](C)(C)C1. The maximum atomic E-state index is 4.69. The molecule has 2 aromatic heterocycles. The summed E-state index contributed by atoms with van der Waals surface area (Å²) in [6.45, 7) is 9.80. The van der Waals surface area contributed by atoms with Gasteiger partial charge in [0.2, 0.25) is 0 Å². The number of fused-ring (bicyclic) bond motifs is 1. The Morgan fingerprint density at radius 2 is 1.89 bits per heavy atom. The Kier molecular flexibility index (Phi) is 2.72. The lowest BCUT2D eigenvalue weighted by Crippen LogP contribution is -2.43. The Morgan fingerprint density at radius 1 is 1.11 bits per heavy atom. The predicted molar refractivity (Wildman–Crippen MR) is 82.2 cm³/mol. The average molecular weight is 289 g/mol. The molecule has 1 aliphatic heterocycles. The second-order valence-corrected chi connectivity index (χ2v) is 16.9. The standard InChI is InChI=1S/C12H19N5Si2/c1-18(2)8-17(19(3,4)9-18)11-6-14-10-5-13-7-15-12(10)16-11/h5-7H,8-9H2,1-4H3. The Labute approximate surface area is 115 Å². The van der Waals surface area contributed by atoms with Gasteiger partial charge in [-0.2, -0.15) is 0 Å². The normalized spacial score (nSPS) is 20.9. The molecule has 0 N–H and O–H groups in total. The van der Waals surface area contributed by atoms with E-state index in [0.29, 0.717) is 5.65 Å². The fourth-order valence-electron chi connectivity index (χ4n) is 3.24. The highest BCUT2D eigenvalue weighted by atomic mass is 28.4. The number of rotatable bonds is 1. The summed E-state index contributed by atoms with van der Waals surface area (Å²) >= 11 is 0. The van der Waals surface area contributed by atoms with Gasteiger partial charge in [0.1, 0.15) is 25.9 Å². The van der Waals surface area contributed by atoms with Gasteiger partial charge in [-0.3, -0.25) is 0 Å². The Bertz CT molecular complexity index is 628. The van der Waals surface area contributed by atoms with E-state index in [-0.39, 0.29) is 0 Å². The van der Waals surface area contributed by atoms with Gasteiger partial charge in [-0.05, 0) is 5.67 Å². The molecule has 7 heteroatoms. The van der Waals surface area contributed by atoms with Crippen LogP contribution in [-0.2, 0) is 0 Å². The van der Waals surface area contributed by atoms with Crippen LogP contribution in [0.2, 0.25) is 31.9 Å². The zero-order valence-electron chi connectivity index (χ0n) is 11.9. The van der Waals surface area contributed by atoms with E-state index in [9.17, 15) is 0 Å². The molecule has 0 aromatic carbocycles. The van der Waals surface area contributed by atoms with Gasteiger partial charge in [-0.15, -0.1) is 0 Å². The molecular formula is C12H19N5Si2. The Balaban J connectivity index is 2.05. The van der Waals surface area contributed by atoms with Gasteiger partial charge in [-0.1, -0.05) is 26.2 Å². The highest BCUT2D eigenvalue weighted by molar-refractivity contribution is 7.02. The predicted octanol–water partition coefficient (Wildman–Crippen LogP) is 2.23. The fourth-order valence-corrected chi connectivity index (χ4v) is 18.6. The lowest BCUT2D eigenvalue weighted by atomic mass is 10.5. The molecule has 1 saturated heterocycles. The summed E-state index contributed by atoms with van der Waals surface area (Å²) in [5.41, 5.74) is 2.88. The summed E-state index contributed by atoms with van der Waals surface area (Å²) in [6, 6.07) is 0. The van der Waals surface area contributed by atoms with Crippen molar-refractivity contribution in [2.45, 2.75) is 31.9 Å². The van der Waals surface area contributed by atoms with Gasteiger partial charge in [0.05, 0.1) is 20.5 Å². The van der Waals surface area contributed by atoms with Crippen LogP contribution in [0, 0.1) is 0 Å². The molecule has 0 radical (unpaired) electrons. The molecule has 0 atom stereocenters. The highest BCUT2D eigenvalue weighted by Crippen LogP contribution is 2.35. The molecule has 0 bridgehead atoms. The van der Waals surface area contributed by atoms with Gasteiger partial charge >= 0.3 is 0 Å². The zero-order chi connectivity index (χ0) is 13.7. The summed E-state index contributed by atoms with van der Waals surface area (Å²) in [5.74, 6) is 1.00. The van der Waals surface area contributed by atoms with Crippen LogP contribution in [0.15, 0.2) is 18.7 Å². The lowest BCUT2D eigenvalue weighted by molar-refractivity contribution is 1.09. The van der Waals surface area contributed by atoms with Crippen molar-refractivity contribution < 1.29 is 0 Å². The first-order valence-electron chi connectivity index (χ1n) is 6.58. The minimum Gasteiger partial charge on any atom is -0.385 e. The first-order chi connectivity index (χ1) is 8.87. The van der Waals surface area contributed by atoms with E-state index in [1.165, 1.54) is 18.2 Å². The molecule has 0 amide bonds. The fraction of sp³-hybridized carbons (Fsp3) is 0.500. The van der Waals surface area contributed by atoms with E-state index in [1.807, 2.05) is 6.20 Å². The van der Waals surface area contributed by atoms with Crippen molar-refractivity contribution >= 4 is 33.3 Å². The largest absolute Gasteiger partial charge is 0.385 e. The molecule has 5 nitrogen and oxygen atoms in total. The molecule has 100 valence electrons. The van der Waals surface area contributed by atoms with Gasteiger partial charge < -0.3 is 4.57 Å². The maximum absolute atomic E-state index is 4.69. The molecule has 0 spiro atoms. The number of hydrogen-bond donors (Lipinski definition) is 0. The smallest absolute Gasteiger partial charge is 0.183 e. The highest BCUT2D eigenvalue weighted by Gasteiger charge is 2.46. The number of anilines is 1. The van der Waals surface area contributed by atoms with E-state index in [2.05, 4.69) is 50.7 Å². The third-order valence-corrected chi connectivity index (χ3v) is 14.3. The maximum Gasteiger partial charge on any atom is 0.183 e. The molecule has 1 fully saturated rings. The van der Waals surface area contributed by atoms with Crippen LogP contribution in [0.1, 0.15) is 0 Å². The zero-order valence-corrected chi connectivity index (χ0v) is 13.9. The van der Waals surface area contributed by atoms with E-state index in [4.69, 9.17) is 0 Å². The lowest BCUT2D eigenvalue weighted by Gasteiger charge is -2.30. The third kappa shape index (κ3) is 2.27. The van der Waals surface area contributed by atoms with Crippen molar-refractivity contribution in [3.63, 3.8) is 0 Å². The second kappa shape index (κ2) is 4.07. The Hall–Kier alpha value is -1.35. The molecule has 3 heterocycles. The van der Waals surface area contributed by atoms with Crippen molar-refractivity contribution in [3.8, 4) is 0 Å². The Morgan fingerprint density at radius 3 is 2.58 bits per heavy atom. The first-order valence-corrected chi connectivity index (χ1v) is 13.1. The minimum absolute atomic E-state index is 0.698. The van der Waals surface area contributed by atoms with Crippen molar-refractivity contribution in [1.29, 1.82) is 0 Å². The van der Waals surface area contributed by atoms with E-state index >= 15 is 0 Å². The van der Waals surface area contributed by atoms with Crippen LogP contribution in [0.25, 0.3) is 11.2 Å². The van der Waals surface area contributed by atoms with Crippen LogP contribution in [-0.4, -0.2) is 42.4 Å². The average Bonchev–Trinajstić information content (AvgIpc) is 2.57. The molecule has 3 rings (SSSR count). The summed E-state index contributed by atoms with van der Waals surface area (Å²) in [7, 11) is -2.49. The topological polar surface area (TPSA) is 54.8 Å². The molecule has 19 heavy (non-hydrogen) atoms. The first kappa shape index (κ1) is 12.7. The molecule has 0 unspecified atom stereocenters. The van der Waals surface area contributed by atoms with E-state index in [0.717, 1.165) is 11.3 Å². The van der Waals surface area contributed by atoms with Crippen molar-refractivity contribution in [3.05, 3.63) is 18.7 Å². The summed E-state index contributed by atoms with van der Waals surface area (Å²) < 4.78 is 2.54. The summed E-state index contributed by atoms with van der Waals surface area (Å²) in [4.78, 5) is 17.3. The number of aromatic nitrogens is 4. The quantitative estimate of drug-likeness (QED) is 0.754. The van der Waals surface area contributed by atoms with E-state index in [1.54, 1.807) is 6.20 Å². The van der Waals surface area contributed by atoms with Gasteiger partial charge in [0.25, 0.3) is 0 Å². The van der Waals surface area contributed by atoms with Crippen LogP contribution < -0.4 is 4.57 Å². The molecular weight excluding hydrogens is 270 g/mol. The van der Waals surface area contributed by atoms with Gasteiger partial charge in [-0.25, -0.2) is 19.9 Å². The minimum atomic E-state index is -1.38.